The lowest BCUT2D eigenvalue weighted by Gasteiger charge is -2.41. The number of hydrogen-bond donors (Lipinski definition) is 6. The van der Waals surface area contributed by atoms with E-state index in [0.29, 0.717) is 0 Å². The zero-order valence-electron chi connectivity index (χ0n) is 6.85. The monoisotopic (exact) mass is 194 g/mol. The van der Waals surface area contributed by atoms with Crippen molar-refractivity contribution in [2.24, 2.45) is 5.92 Å². The number of aliphatic hydroxyl groups excluding tert-OH is 6. The summed E-state index contributed by atoms with van der Waals surface area (Å²) in [7, 11) is 0. The summed E-state index contributed by atoms with van der Waals surface area (Å²) in [6, 6.07) is 0. The van der Waals surface area contributed by atoms with E-state index in [2.05, 4.69) is 0 Å². The van der Waals surface area contributed by atoms with Crippen molar-refractivity contribution in [1.29, 1.82) is 0 Å². The fourth-order valence-corrected chi connectivity index (χ4v) is 1.53. The molecule has 2 unspecified atom stereocenters. The molecule has 0 saturated heterocycles. The fourth-order valence-electron chi connectivity index (χ4n) is 1.53. The predicted octanol–water partition coefficient (Wildman–Crippen LogP) is -3.59. The van der Waals surface area contributed by atoms with Crippen LogP contribution in [0.3, 0.4) is 0 Å². The summed E-state index contributed by atoms with van der Waals surface area (Å²) in [6.07, 6.45) is -7.55. The van der Waals surface area contributed by atoms with Crippen LogP contribution in [0.4, 0.5) is 0 Å². The minimum absolute atomic E-state index is 0.566. The molecule has 0 radical (unpaired) electrons. The van der Waals surface area contributed by atoms with Crippen LogP contribution in [0.5, 0.6) is 0 Å². The molecule has 0 bridgehead atoms. The molecular formula is C7H14O6. The largest absolute Gasteiger partial charge is 0.396 e. The SMILES string of the molecule is OCC1[C@@H](O)[C@@H](O)C(O)[C@H](O)[C@H]1O. The maximum Gasteiger partial charge on any atom is 0.111 e. The van der Waals surface area contributed by atoms with Crippen molar-refractivity contribution in [3.05, 3.63) is 0 Å². The molecule has 13 heavy (non-hydrogen) atoms. The fraction of sp³-hybridized carbons (Fsp3) is 1.00. The highest BCUT2D eigenvalue weighted by molar-refractivity contribution is 4.97. The average molecular weight is 194 g/mol. The normalized spacial score (nSPS) is 52.2. The van der Waals surface area contributed by atoms with E-state index >= 15 is 0 Å². The highest BCUT2D eigenvalue weighted by Crippen LogP contribution is 2.25. The molecule has 1 aliphatic rings. The van der Waals surface area contributed by atoms with E-state index in [1.807, 2.05) is 0 Å². The van der Waals surface area contributed by atoms with Gasteiger partial charge in [0.1, 0.15) is 18.3 Å². The lowest BCUT2D eigenvalue weighted by atomic mass is 9.79. The van der Waals surface area contributed by atoms with Gasteiger partial charge in [-0.2, -0.15) is 0 Å². The Bertz CT molecular complexity index is 158. The molecule has 1 saturated carbocycles. The Hall–Kier alpha value is -0.240. The van der Waals surface area contributed by atoms with Gasteiger partial charge in [-0.25, -0.2) is 0 Å². The second-order valence-electron chi connectivity index (χ2n) is 3.30. The lowest BCUT2D eigenvalue weighted by molar-refractivity contribution is -0.209. The van der Waals surface area contributed by atoms with Crippen molar-refractivity contribution >= 4 is 0 Å². The molecule has 0 spiro atoms. The first-order chi connectivity index (χ1) is 6.00. The minimum atomic E-state index is -1.59. The Balaban J connectivity index is 2.79. The van der Waals surface area contributed by atoms with Crippen molar-refractivity contribution in [2.45, 2.75) is 30.5 Å². The summed E-state index contributed by atoms with van der Waals surface area (Å²) in [5.41, 5.74) is 0. The first-order valence-electron chi connectivity index (χ1n) is 4.02. The van der Waals surface area contributed by atoms with Crippen LogP contribution in [0, 0.1) is 5.92 Å². The van der Waals surface area contributed by atoms with E-state index in [1.54, 1.807) is 0 Å². The Morgan fingerprint density at radius 3 is 1.23 bits per heavy atom. The van der Waals surface area contributed by atoms with Crippen LogP contribution in [0.1, 0.15) is 0 Å². The molecule has 0 aromatic rings. The molecule has 78 valence electrons. The van der Waals surface area contributed by atoms with Crippen molar-refractivity contribution < 1.29 is 30.6 Å². The van der Waals surface area contributed by atoms with Gasteiger partial charge < -0.3 is 30.6 Å². The van der Waals surface area contributed by atoms with Gasteiger partial charge in [-0.15, -0.1) is 0 Å². The van der Waals surface area contributed by atoms with Gasteiger partial charge in [-0.05, 0) is 0 Å². The Labute approximate surface area is 74.7 Å². The summed E-state index contributed by atoms with van der Waals surface area (Å²) in [5.74, 6) is -1.03. The van der Waals surface area contributed by atoms with Crippen molar-refractivity contribution in [3.63, 3.8) is 0 Å². The number of hydrogen-bond acceptors (Lipinski definition) is 6. The first kappa shape index (κ1) is 10.8. The molecular weight excluding hydrogens is 180 g/mol. The molecule has 0 aromatic carbocycles. The van der Waals surface area contributed by atoms with E-state index in [0.717, 1.165) is 0 Å². The molecule has 0 heterocycles. The van der Waals surface area contributed by atoms with Gasteiger partial charge in [0.2, 0.25) is 0 Å². The lowest BCUT2D eigenvalue weighted by Crippen LogP contribution is -2.61. The van der Waals surface area contributed by atoms with Gasteiger partial charge >= 0.3 is 0 Å². The van der Waals surface area contributed by atoms with Gasteiger partial charge in [0.15, 0.2) is 0 Å². The van der Waals surface area contributed by atoms with Crippen LogP contribution >= 0.6 is 0 Å². The van der Waals surface area contributed by atoms with Gasteiger partial charge in [-0.1, -0.05) is 0 Å². The number of rotatable bonds is 1. The topological polar surface area (TPSA) is 121 Å². The summed E-state index contributed by atoms with van der Waals surface area (Å²) >= 11 is 0. The zero-order valence-corrected chi connectivity index (χ0v) is 6.85. The Kier molecular flexibility index (Phi) is 3.23. The standard InChI is InChI=1S/C7H14O6/c8-1-2-3(9)5(11)7(13)6(12)4(2)10/h2-13H,1H2/t2?,3-,4+,5-,6-,7?/m1/s1. The second kappa shape index (κ2) is 3.87. The molecule has 1 rings (SSSR count). The highest BCUT2D eigenvalue weighted by Gasteiger charge is 2.47. The van der Waals surface area contributed by atoms with Gasteiger partial charge in [-0.3, -0.25) is 0 Å². The average Bonchev–Trinajstić information content (AvgIpc) is 2.13. The Morgan fingerprint density at radius 2 is 0.923 bits per heavy atom. The smallest absolute Gasteiger partial charge is 0.111 e. The Morgan fingerprint density at radius 1 is 0.615 bits per heavy atom. The van der Waals surface area contributed by atoms with Crippen LogP contribution in [-0.2, 0) is 0 Å². The third-order valence-corrected chi connectivity index (χ3v) is 2.49. The molecule has 6 atom stereocenters. The van der Waals surface area contributed by atoms with Crippen LogP contribution < -0.4 is 0 Å². The first-order valence-corrected chi connectivity index (χ1v) is 4.02. The third-order valence-electron chi connectivity index (χ3n) is 2.49. The third kappa shape index (κ3) is 1.69. The van der Waals surface area contributed by atoms with E-state index in [9.17, 15) is 10.2 Å². The minimum Gasteiger partial charge on any atom is -0.396 e. The van der Waals surface area contributed by atoms with Crippen molar-refractivity contribution in [1.82, 2.24) is 0 Å². The van der Waals surface area contributed by atoms with E-state index in [1.165, 1.54) is 0 Å². The number of aliphatic hydroxyl groups is 6. The predicted molar refractivity (Wildman–Crippen MR) is 40.6 cm³/mol. The van der Waals surface area contributed by atoms with E-state index in [4.69, 9.17) is 20.4 Å². The van der Waals surface area contributed by atoms with Crippen LogP contribution in [0.25, 0.3) is 0 Å². The maximum absolute atomic E-state index is 9.25. The molecule has 1 aliphatic carbocycles. The van der Waals surface area contributed by atoms with E-state index < -0.39 is 43.0 Å². The summed E-state index contributed by atoms with van der Waals surface area (Å²) in [4.78, 5) is 0. The second-order valence-corrected chi connectivity index (χ2v) is 3.30. The van der Waals surface area contributed by atoms with Gasteiger partial charge in [0.05, 0.1) is 18.8 Å². The summed E-state index contributed by atoms with van der Waals surface area (Å²) < 4.78 is 0. The summed E-state index contributed by atoms with van der Waals surface area (Å²) in [6.45, 7) is -0.566. The molecule has 6 nitrogen and oxygen atoms in total. The van der Waals surface area contributed by atoms with Crippen molar-refractivity contribution in [2.75, 3.05) is 6.61 Å². The molecule has 6 N–H and O–H groups in total. The van der Waals surface area contributed by atoms with Crippen LogP contribution in [-0.4, -0.2) is 67.8 Å². The van der Waals surface area contributed by atoms with Crippen LogP contribution in [0.2, 0.25) is 0 Å². The molecule has 6 heteroatoms. The quantitative estimate of drug-likeness (QED) is 0.256. The van der Waals surface area contributed by atoms with E-state index in [-0.39, 0.29) is 0 Å². The summed E-state index contributed by atoms with van der Waals surface area (Å²) in [5, 5.41) is 54.6. The molecule has 0 aromatic heterocycles. The highest BCUT2D eigenvalue weighted by atomic mass is 16.4. The molecule has 1 fully saturated rings. The zero-order chi connectivity index (χ0) is 10.2. The van der Waals surface area contributed by atoms with Gasteiger partial charge in [0.25, 0.3) is 0 Å². The molecule has 0 amide bonds. The van der Waals surface area contributed by atoms with Crippen molar-refractivity contribution in [3.8, 4) is 0 Å². The molecule has 0 aliphatic heterocycles. The van der Waals surface area contributed by atoms with Crippen LogP contribution in [0.15, 0.2) is 0 Å². The maximum atomic E-state index is 9.25. The van der Waals surface area contributed by atoms with Gasteiger partial charge in [0, 0.05) is 5.92 Å².